The topological polar surface area (TPSA) is 51.2 Å². The number of hydrogen-bond donors (Lipinski definition) is 0. The van der Waals surface area contributed by atoms with Crippen LogP contribution in [0, 0.1) is 0 Å². The van der Waals surface area contributed by atoms with Crippen molar-refractivity contribution in [3.8, 4) is 66.8 Å². The van der Waals surface area contributed by atoms with Gasteiger partial charge in [0.15, 0.2) is 17.3 Å². The lowest BCUT2D eigenvalue weighted by molar-refractivity contribution is 0.100. The highest BCUT2D eigenvalue weighted by molar-refractivity contribution is 5.96. The summed E-state index contributed by atoms with van der Waals surface area (Å²) in [6, 6.07) is 55.6. The fourth-order valence-corrected chi connectivity index (χ4v) is 6.39. The largest absolute Gasteiger partial charge is 0.295 e. The van der Waals surface area contributed by atoms with E-state index >= 15 is 0 Å². The number of benzene rings is 7. The number of Topliss-reactive ketones (excluding diaryl/α,β-unsaturated/α-hetero) is 3. The minimum absolute atomic E-state index is 0.0588. The van der Waals surface area contributed by atoms with Gasteiger partial charge < -0.3 is 0 Å². The number of rotatable bonds is 9. The summed E-state index contributed by atoms with van der Waals surface area (Å²) in [5.41, 5.74) is 15.2. The van der Waals surface area contributed by atoms with Crippen LogP contribution in [0.5, 0.6) is 0 Å². The second-order valence-electron chi connectivity index (χ2n) is 12.9. The molecule has 246 valence electrons. The monoisotopic (exact) mass is 660 g/mol. The second kappa shape index (κ2) is 14.2. The average molecular weight is 661 g/mol. The molecule has 3 heteroatoms. The predicted molar refractivity (Wildman–Crippen MR) is 209 cm³/mol. The number of carbonyl (C=O) groups excluding carboxylic acids is 3. The van der Waals surface area contributed by atoms with Crippen LogP contribution < -0.4 is 0 Å². The van der Waals surface area contributed by atoms with Gasteiger partial charge in [-0.3, -0.25) is 14.4 Å². The molecule has 0 aliphatic carbocycles. The Morgan fingerprint density at radius 1 is 0.235 bits per heavy atom. The van der Waals surface area contributed by atoms with Crippen molar-refractivity contribution in [1.82, 2.24) is 0 Å². The summed E-state index contributed by atoms with van der Waals surface area (Å²) in [5, 5.41) is 0. The molecule has 0 fully saturated rings. The van der Waals surface area contributed by atoms with E-state index in [-0.39, 0.29) is 17.3 Å². The third-order valence-electron chi connectivity index (χ3n) is 9.46. The zero-order chi connectivity index (χ0) is 35.5. The van der Waals surface area contributed by atoms with Gasteiger partial charge in [0.25, 0.3) is 0 Å². The van der Waals surface area contributed by atoms with Crippen LogP contribution in [-0.4, -0.2) is 17.3 Å². The first-order chi connectivity index (χ1) is 24.7. The van der Waals surface area contributed by atoms with Crippen LogP contribution in [-0.2, 0) is 0 Å². The van der Waals surface area contributed by atoms with E-state index < -0.39 is 0 Å². The molecule has 0 radical (unpaired) electrons. The van der Waals surface area contributed by atoms with Crippen molar-refractivity contribution in [1.29, 1.82) is 0 Å². The Labute approximate surface area is 298 Å². The van der Waals surface area contributed by atoms with Gasteiger partial charge in [-0.25, -0.2) is 0 Å². The normalized spacial score (nSPS) is 10.9. The third-order valence-corrected chi connectivity index (χ3v) is 9.46. The molecular weight excluding hydrogens is 625 g/mol. The maximum Gasteiger partial charge on any atom is 0.159 e. The first-order valence-corrected chi connectivity index (χ1v) is 17.0. The lowest BCUT2D eigenvalue weighted by Gasteiger charge is -2.13. The maximum atomic E-state index is 11.8. The molecule has 0 aromatic heterocycles. The van der Waals surface area contributed by atoms with Crippen molar-refractivity contribution < 1.29 is 14.4 Å². The summed E-state index contributed by atoms with van der Waals surface area (Å²) >= 11 is 0. The molecule has 0 unspecified atom stereocenters. The van der Waals surface area contributed by atoms with Gasteiger partial charge >= 0.3 is 0 Å². The Kier molecular flexibility index (Phi) is 9.20. The van der Waals surface area contributed by atoms with E-state index in [1.807, 2.05) is 72.8 Å². The van der Waals surface area contributed by atoms with Crippen LogP contribution in [0.2, 0.25) is 0 Å². The van der Waals surface area contributed by atoms with E-state index in [0.29, 0.717) is 16.7 Å². The Morgan fingerprint density at radius 2 is 0.373 bits per heavy atom. The lowest BCUT2D eigenvalue weighted by atomic mass is 9.91. The van der Waals surface area contributed by atoms with Gasteiger partial charge in [-0.1, -0.05) is 146 Å². The van der Waals surface area contributed by atoms with Gasteiger partial charge in [-0.15, -0.1) is 0 Å². The summed E-state index contributed by atoms with van der Waals surface area (Å²) in [5.74, 6) is 0.176. The van der Waals surface area contributed by atoms with Gasteiger partial charge in [0.2, 0.25) is 0 Å². The van der Waals surface area contributed by atoms with Crippen molar-refractivity contribution in [3.05, 3.63) is 180 Å². The Balaban J connectivity index is 1.24. The van der Waals surface area contributed by atoms with Gasteiger partial charge in [0.1, 0.15) is 0 Å². The summed E-state index contributed by atoms with van der Waals surface area (Å²) in [6.45, 7) is 4.75. The number of ketones is 3. The summed E-state index contributed by atoms with van der Waals surface area (Å²) in [7, 11) is 0. The molecule has 0 amide bonds. The molecule has 0 atom stereocenters. The molecule has 0 aliphatic heterocycles. The number of hydrogen-bond acceptors (Lipinski definition) is 3. The molecule has 7 aromatic rings. The second-order valence-corrected chi connectivity index (χ2v) is 12.9. The van der Waals surface area contributed by atoms with Gasteiger partial charge in [-0.05, 0) is 106 Å². The van der Waals surface area contributed by atoms with Gasteiger partial charge in [0, 0.05) is 16.7 Å². The molecule has 7 aromatic carbocycles. The minimum Gasteiger partial charge on any atom is -0.295 e. The lowest BCUT2D eigenvalue weighted by Crippen LogP contribution is -1.91. The maximum absolute atomic E-state index is 11.8. The zero-order valence-corrected chi connectivity index (χ0v) is 28.8. The van der Waals surface area contributed by atoms with Crippen LogP contribution in [0.4, 0.5) is 0 Å². The summed E-state index contributed by atoms with van der Waals surface area (Å²) in [4.78, 5) is 35.3. The summed E-state index contributed by atoms with van der Waals surface area (Å²) in [6.07, 6.45) is 0. The SMILES string of the molecule is CC(=O)c1ccc(-c2ccc(-c3cc(-c4ccc(-c5ccc(C(C)=O)cc5)cc4)cc(-c4ccc(-c5ccc(C(C)=O)cc5)cc4)c3)cc2)cc1. The molecule has 0 spiro atoms. The third kappa shape index (κ3) is 7.29. The molecule has 3 nitrogen and oxygen atoms in total. The van der Waals surface area contributed by atoms with E-state index in [9.17, 15) is 14.4 Å². The highest BCUT2D eigenvalue weighted by Crippen LogP contribution is 2.35. The van der Waals surface area contributed by atoms with E-state index in [1.165, 1.54) is 0 Å². The zero-order valence-electron chi connectivity index (χ0n) is 28.8. The Bertz CT molecular complexity index is 2080. The van der Waals surface area contributed by atoms with Gasteiger partial charge in [0.05, 0.1) is 0 Å². The van der Waals surface area contributed by atoms with Crippen LogP contribution >= 0.6 is 0 Å². The smallest absolute Gasteiger partial charge is 0.159 e. The molecule has 0 N–H and O–H groups in total. The number of carbonyl (C=O) groups is 3. The van der Waals surface area contributed by atoms with E-state index in [2.05, 4.69) is 91.0 Å². The van der Waals surface area contributed by atoms with Crippen molar-refractivity contribution in [3.63, 3.8) is 0 Å². The molecule has 7 rings (SSSR count). The van der Waals surface area contributed by atoms with E-state index in [0.717, 1.165) is 66.8 Å². The Hall–Kier alpha value is -6.45. The van der Waals surface area contributed by atoms with Crippen molar-refractivity contribution in [2.24, 2.45) is 0 Å². The predicted octanol–water partition coefficient (Wildman–Crippen LogP) is 12.3. The van der Waals surface area contributed by atoms with Crippen molar-refractivity contribution >= 4 is 17.3 Å². The highest BCUT2D eigenvalue weighted by atomic mass is 16.1. The minimum atomic E-state index is 0.0588. The Morgan fingerprint density at radius 3 is 0.529 bits per heavy atom. The van der Waals surface area contributed by atoms with Crippen LogP contribution in [0.25, 0.3) is 66.8 Å². The van der Waals surface area contributed by atoms with Gasteiger partial charge in [-0.2, -0.15) is 0 Å². The molecule has 0 aliphatic rings. The standard InChI is InChI=1S/C48H36O3/c1-31(49)34-4-10-37(11-5-34)40-16-22-43(23-17-40)46-28-47(44-24-18-41(19-25-44)38-12-6-35(7-13-38)32(2)50)30-48(29-46)45-26-20-42(21-27-45)39-14-8-36(9-15-39)33(3)51/h4-30H,1-3H3. The average Bonchev–Trinajstić information content (AvgIpc) is 3.18. The van der Waals surface area contributed by atoms with Crippen molar-refractivity contribution in [2.75, 3.05) is 0 Å². The molecular formula is C48H36O3. The van der Waals surface area contributed by atoms with Crippen molar-refractivity contribution in [2.45, 2.75) is 20.8 Å². The molecule has 0 saturated heterocycles. The van der Waals surface area contributed by atoms with E-state index in [4.69, 9.17) is 0 Å². The molecule has 0 bridgehead atoms. The first-order valence-electron chi connectivity index (χ1n) is 17.0. The first kappa shape index (κ1) is 33.1. The molecule has 0 saturated carbocycles. The van der Waals surface area contributed by atoms with E-state index in [1.54, 1.807) is 20.8 Å². The molecule has 51 heavy (non-hydrogen) atoms. The van der Waals surface area contributed by atoms with Crippen LogP contribution in [0.15, 0.2) is 164 Å². The fraction of sp³-hybridized carbons (Fsp3) is 0.0625. The highest BCUT2D eigenvalue weighted by Gasteiger charge is 2.11. The van der Waals surface area contributed by atoms with Crippen LogP contribution in [0.3, 0.4) is 0 Å². The van der Waals surface area contributed by atoms with Crippen LogP contribution in [0.1, 0.15) is 51.8 Å². The fourth-order valence-electron chi connectivity index (χ4n) is 6.39. The summed E-state index contributed by atoms with van der Waals surface area (Å²) < 4.78 is 0. The quantitative estimate of drug-likeness (QED) is 0.145. The molecule has 0 heterocycles.